The second kappa shape index (κ2) is 9.50. The number of nitrogens with one attached hydrogen (secondary N) is 1. The maximum atomic E-state index is 12.1. The van der Waals surface area contributed by atoms with E-state index in [9.17, 15) is 9.90 Å². The molecule has 1 aliphatic rings. The number of anilines is 1. The van der Waals surface area contributed by atoms with Crippen molar-refractivity contribution in [2.24, 2.45) is 0 Å². The maximum absolute atomic E-state index is 12.1. The average molecular weight is 372 g/mol. The number of carbonyl (C=O) groups excluding carboxylic acids is 1. The lowest BCUT2D eigenvalue weighted by Crippen LogP contribution is -2.49. The monoisotopic (exact) mass is 371 g/mol. The molecule has 2 N–H and O–H groups in total. The average Bonchev–Trinajstić information content (AvgIpc) is 2.67. The molecule has 1 fully saturated rings. The molecule has 0 radical (unpaired) electrons. The minimum atomic E-state index is 0.0942. The van der Waals surface area contributed by atoms with Crippen molar-refractivity contribution in [3.63, 3.8) is 0 Å². The van der Waals surface area contributed by atoms with E-state index in [2.05, 4.69) is 27.2 Å². The fourth-order valence-electron chi connectivity index (χ4n) is 2.96. The number of benzene rings is 2. The number of phenols is 1. The van der Waals surface area contributed by atoms with Crippen LogP contribution in [-0.4, -0.2) is 60.9 Å². The van der Waals surface area contributed by atoms with E-state index < -0.39 is 0 Å². The quantitative estimate of drug-likeness (QED) is 0.578. The van der Waals surface area contributed by atoms with E-state index in [1.165, 1.54) is 4.90 Å². The first-order chi connectivity index (χ1) is 12.7. The summed E-state index contributed by atoms with van der Waals surface area (Å²) in [5.41, 5.74) is 1.12. The molecule has 138 valence electrons. The highest BCUT2D eigenvalue weighted by atomic mass is 32.2. The van der Waals surface area contributed by atoms with Crippen molar-refractivity contribution in [1.82, 2.24) is 10.2 Å². The summed E-state index contributed by atoms with van der Waals surface area (Å²) in [6.07, 6.45) is 0. The van der Waals surface area contributed by atoms with Crippen LogP contribution in [-0.2, 0) is 4.79 Å². The van der Waals surface area contributed by atoms with E-state index >= 15 is 0 Å². The molecule has 1 heterocycles. The molecule has 1 amide bonds. The molecule has 1 saturated heterocycles. The van der Waals surface area contributed by atoms with Crippen LogP contribution in [0.25, 0.3) is 0 Å². The molecule has 0 unspecified atom stereocenters. The van der Waals surface area contributed by atoms with E-state index in [-0.39, 0.29) is 11.7 Å². The summed E-state index contributed by atoms with van der Waals surface area (Å²) >= 11 is 1.75. The second-order valence-electron chi connectivity index (χ2n) is 6.29. The van der Waals surface area contributed by atoms with Crippen LogP contribution in [0.1, 0.15) is 0 Å². The highest BCUT2D eigenvalue weighted by Crippen LogP contribution is 2.19. The first-order valence-corrected chi connectivity index (χ1v) is 9.90. The van der Waals surface area contributed by atoms with Crippen LogP contribution in [0.5, 0.6) is 5.75 Å². The molecule has 0 atom stereocenters. The van der Waals surface area contributed by atoms with Gasteiger partial charge in [0.25, 0.3) is 0 Å². The number of hydrogen-bond donors (Lipinski definition) is 2. The van der Waals surface area contributed by atoms with Gasteiger partial charge in [-0.3, -0.25) is 9.69 Å². The van der Waals surface area contributed by atoms with Crippen LogP contribution in [0, 0.1) is 0 Å². The van der Waals surface area contributed by atoms with Gasteiger partial charge in [0.15, 0.2) is 0 Å². The van der Waals surface area contributed by atoms with Gasteiger partial charge in [-0.1, -0.05) is 18.2 Å². The van der Waals surface area contributed by atoms with Crippen LogP contribution in [0.15, 0.2) is 59.5 Å². The molecule has 0 saturated carbocycles. The molecule has 1 aliphatic heterocycles. The molecule has 3 rings (SSSR count). The van der Waals surface area contributed by atoms with Crippen molar-refractivity contribution in [2.75, 3.05) is 49.9 Å². The molecule has 2 aromatic rings. The number of amides is 1. The van der Waals surface area contributed by atoms with E-state index in [0.717, 1.165) is 37.6 Å². The summed E-state index contributed by atoms with van der Waals surface area (Å²) in [5.74, 6) is 1.26. The molecule has 26 heavy (non-hydrogen) atoms. The Kier molecular flexibility index (Phi) is 6.80. The van der Waals surface area contributed by atoms with Gasteiger partial charge in [-0.05, 0) is 36.4 Å². The molecule has 0 aliphatic carbocycles. The minimum Gasteiger partial charge on any atom is -0.508 e. The topological polar surface area (TPSA) is 55.8 Å². The Balaban J connectivity index is 1.32. The first-order valence-electron chi connectivity index (χ1n) is 8.91. The van der Waals surface area contributed by atoms with Gasteiger partial charge < -0.3 is 15.3 Å². The van der Waals surface area contributed by atoms with Crippen LogP contribution >= 0.6 is 11.8 Å². The molecule has 0 aromatic heterocycles. The Morgan fingerprint density at radius 3 is 2.38 bits per heavy atom. The SMILES string of the molecule is O=C(CN1CCN(c2ccc(O)cc2)CC1)NCCSc1ccccc1. The summed E-state index contributed by atoms with van der Waals surface area (Å²) in [7, 11) is 0. The third-order valence-corrected chi connectivity index (χ3v) is 5.40. The summed E-state index contributed by atoms with van der Waals surface area (Å²) in [6, 6.07) is 17.5. The van der Waals surface area contributed by atoms with Crippen LogP contribution in [0.4, 0.5) is 5.69 Å². The third-order valence-electron chi connectivity index (χ3n) is 4.39. The van der Waals surface area contributed by atoms with Crippen LogP contribution in [0.2, 0.25) is 0 Å². The predicted octanol–water partition coefficient (Wildman–Crippen LogP) is 2.42. The lowest BCUT2D eigenvalue weighted by Gasteiger charge is -2.35. The summed E-state index contributed by atoms with van der Waals surface area (Å²) < 4.78 is 0. The number of phenolic OH excluding ortho intramolecular Hbond substituents is 1. The van der Waals surface area contributed by atoms with Crippen molar-refractivity contribution in [3.8, 4) is 5.75 Å². The lowest BCUT2D eigenvalue weighted by molar-refractivity contribution is -0.122. The van der Waals surface area contributed by atoms with Crippen molar-refractivity contribution in [1.29, 1.82) is 0 Å². The number of aromatic hydroxyl groups is 1. The maximum Gasteiger partial charge on any atom is 0.234 e. The number of rotatable bonds is 7. The summed E-state index contributed by atoms with van der Waals surface area (Å²) in [4.78, 5) is 17.8. The molecule has 5 nitrogen and oxygen atoms in total. The van der Waals surface area contributed by atoms with Gasteiger partial charge in [-0.2, -0.15) is 0 Å². The van der Waals surface area contributed by atoms with Crippen LogP contribution in [0.3, 0.4) is 0 Å². The van der Waals surface area contributed by atoms with Gasteiger partial charge in [0.2, 0.25) is 5.91 Å². The smallest absolute Gasteiger partial charge is 0.234 e. The highest BCUT2D eigenvalue weighted by molar-refractivity contribution is 7.99. The Labute approximate surface area is 159 Å². The Bertz CT molecular complexity index is 686. The molecule has 2 aromatic carbocycles. The first kappa shape index (κ1) is 18.6. The molecular formula is C20H25N3O2S. The van der Waals surface area contributed by atoms with E-state index in [1.807, 2.05) is 30.3 Å². The molecule has 6 heteroatoms. The largest absolute Gasteiger partial charge is 0.508 e. The van der Waals surface area contributed by atoms with E-state index in [4.69, 9.17) is 0 Å². The fourth-order valence-corrected chi connectivity index (χ4v) is 3.75. The zero-order chi connectivity index (χ0) is 18.2. The van der Waals surface area contributed by atoms with Crippen molar-refractivity contribution in [3.05, 3.63) is 54.6 Å². The van der Waals surface area contributed by atoms with Crippen LogP contribution < -0.4 is 10.2 Å². The van der Waals surface area contributed by atoms with Crippen molar-refractivity contribution in [2.45, 2.75) is 4.90 Å². The molecular weight excluding hydrogens is 346 g/mol. The standard InChI is InChI=1S/C20H25N3O2S/c24-18-8-6-17(7-9-18)23-13-11-22(12-14-23)16-20(25)21-10-15-26-19-4-2-1-3-5-19/h1-9,24H,10-16H2,(H,21,25). The van der Waals surface area contributed by atoms with Gasteiger partial charge in [-0.15, -0.1) is 11.8 Å². The van der Waals surface area contributed by atoms with Crippen molar-refractivity contribution >= 4 is 23.4 Å². The Hall–Kier alpha value is -2.18. The predicted molar refractivity (Wildman–Crippen MR) is 107 cm³/mol. The van der Waals surface area contributed by atoms with E-state index in [1.54, 1.807) is 23.9 Å². The Morgan fingerprint density at radius 1 is 1.00 bits per heavy atom. The number of thioether (sulfide) groups is 1. The number of carbonyl (C=O) groups is 1. The number of piperazine rings is 1. The van der Waals surface area contributed by atoms with Gasteiger partial charge in [0.1, 0.15) is 5.75 Å². The van der Waals surface area contributed by atoms with E-state index in [0.29, 0.717) is 13.1 Å². The zero-order valence-electron chi connectivity index (χ0n) is 14.8. The lowest BCUT2D eigenvalue weighted by atomic mass is 10.2. The number of hydrogen-bond acceptors (Lipinski definition) is 5. The van der Waals surface area contributed by atoms with Gasteiger partial charge >= 0.3 is 0 Å². The van der Waals surface area contributed by atoms with Crippen molar-refractivity contribution < 1.29 is 9.90 Å². The highest BCUT2D eigenvalue weighted by Gasteiger charge is 2.19. The Morgan fingerprint density at radius 2 is 1.69 bits per heavy atom. The van der Waals surface area contributed by atoms with Gasteiger partial charge in [0.05, 0.1) is 6.54 Å². The normalized spacial score (nSPS) is 15.0. The minimum absolute atomic E-state index is 0.0942. The van der Waals surface area contributed by atoms with Gasteiger partial charge in [-0.25, -0.2) is 0 Å². The summed E-state index contributed by atoms with van der Waals surface area (Å²) in [5, 5.41) is 12.4. The molecule has 0 bridgehead atoms. The van der Waals surface area contributed by atoms with Gasteiger partial charge in [0, 0.05) is 49.1 Å². The third kappa shape index (κ3) is 5.68. The fraction of sp³-hybridized carbons (Fsp3) is 0.350. The second-order valence-corrected chi connectivity index (χ2v) is 7.46. The number of nitrogens with zero attached hydrogens (tertiary/aromatic N) is 2. The molecule has 0 spiro atoms. The summed E-state index contributed by atoms with van der Waals surface area (Å²) in [6.45, 7) is 4.66. The zero-order valence-corrected chi connectivity index (χ0v) is 15.6.